The summed E-state index contributed by atoms with van der Waals surface area (Å²) in [5, 5.41) is 0. The minimum absolute atomic E-state index is 0.174. The molecule has 4 rings (SSSR count). The number of hydrogen-bond donors (Lipinski definition) is 1. The second-order valence-electron chi connectivity index (χ2n) is 6.91. The predicted molar refractivity (Wildman–Crippen MR) is 104 cm³/mol. The van der Waals surface area contributed by atoms with Gasteiger partial charge in [-0.25, -0.2) is 9.37 Å². The first-order valence-electron chi connectivity index (χ1n) is 9.19. The first-order chi connectivity index (χ1) is 14.4. The summed E-state index contributed by atoms with van der Waals surface area (Å²) in [6, 6.07) is 13.6. The molecule has 1 aliphatic heterocycles. The van der Waals surface area contributed by atoms with Crippen LogP contribution in [0.15, 0.2) is 65.8 Å². The molecule has 1 aromatic heterocycles. The Morgan fingerprint density at radius 3 is 2.53 bits per heavy atom. The van der Waals surface area contributed by atoms with Crippen molar-refractivity contribution in [1.29, 1.82) is 0 Å². The van der Waals surface area contributed by atoms with Gasteiger partial charge in [-0.2, -0.15) is 13.2 Å². The van der Waals surface area contributed by atoms with Gasteiger partial charge in [-0.3, -0.25) is 4.99 Å². The van der Waals surface area contributed by atoms with Crippen LogP contribution in [0.4, 0.5) is 17.6 Å². The lowest BCUT2D eigenvalue weighted by Gasteiger charge is -2.28. The second-order valence-corrected chi connectivity index (χ2v) is 6.91. The summed E-state index contributed by atoms with van der Waals surface area (Å²) < 4.78 is 58.4. The summed E-state index contributed by atoms with van der Waals surface area (Å²) in [4.78, 5) is 8.19. The molecule has 3 aromatic rings. The van der Waals surface area contributed by atoms with Crippen molar-refractivity contribution in [2.75, 3.05) is 0 Å². The minimum Gasteiger partial charge on any atom is -0.435 e. The number of hydrogen-bond acceptors (Lipinski definition) is 4. The minimum atomic E-state index is -3.06. The van der Waals surface area contributed by atoms with Gasteiger partial charge in [0.05, 0.1) is 5.84 Å². The van der Waals surface area contributed by atoms with Gasteiger partial charge in [-0.15, -0.1) is 0 Å². The molecular formula is C22H17F4N3O. The van der Waals surface area contributed by atoms with Crippen LogP contribution in [0.2, 0.25) is 0 Å². The average molecular weight is 415 g/mol. The molecule has 0 saturated heterocycles. The number of amidine groups is 1. The quantitative estimate of drug-likeness (QED) is 0.470. The number of rotatable bonds is 5. The number of aliphatic imine (C=N–C) groups is 1. The fourth-order valence-electron chi connectivity index (χ4n) is 3.78. The van der Waals surface area contributed by atoms with Crippen LogP contribution in [0.5, 0.6) is 5.75 Å². The van der Waals surface area contributed by atoms with E-state index in [0.29, 0.717) is 35.4 Å². The Hall–Kier alpha value is -3.42. The van der Waals surface area contributed by atoms with E-state index in [2.05, 4.69) is 14.7 Å². The van der Waals surface area contributed by atoms with Crippen LogP contribution in [0, 0.1) is 11.8 Å². The number of halogens is 4. The number of aromatic nitrogens is 1. The van der Waals surface area contributed by atoms with Gasteiger partial charge in [0.15, 0.2) is 0 Å². The Balaban J connectivity index is 1.84. The van der Waals surface area contributed by atoms with Crippen molar-refractivity contribution in [3.63, 3.8) is 0 Å². The lowest BCUT2D eigenvalue weighted by Crippen LogP contribution is -2.24. The van der Waals surface area contributed by atoms with Crippen molar-refractivity contribution in [2.24, 2.45) is 10.7 Å². The number of ether oxygens (including phenoxy) is 1. The van der Waals surface area contributed by atoms with Crippen molar-refractivity contribution in [1.82, 2.24) is 4.98 Å². The molecule has 1 atom stereocenters. The first-order valence-corrected chi connectivity index (χ1v) is 9.19. The third kappa shape index (κ3) is 3.60. The Morgan fingerprint density at radius 1 is 1.03 bits per heavy atom. The van der Waals surface area contributed by atoms with Crippen molar-refractivity contribution in [3.05, 3.63) is 83.7 Å². The van der Waals surface area contributed by atoms with E-state index in [9.17, 15) is 17.6 Å². The molecule has 154 valence electrons. The first kappa shape index (κ1) is 19.9. The molecule has 0 aliphatic carbocycles. The van der Waals surface area contributed by atoms with Gasteiger partial charge in [0.1, 0.15) is 17.1 Å². The van der Waals surface area contributed by atoms with Gasteiger partial charge >= 0.3 is 6.61 Å². The molecule has 2 aromatic carbocycles. The molecular weight excluding hydrogens is 398 g/mol. The molecule has 0 amide bonds. The van der Waals surface area contributed by atoms with E-state index in [0.717, 1.165) is 6.07 Å². The average Bonchev–Trinajstić information content (AvgIpc) is 3.11. The number of benzene rings is 2. The predicted octanol–water partition coefficient (Wildman–Crippen LogP) is 5.02. The highest BCUT2D eigenvalue weighted by Gasteiger charge is 2.40. The smallest absolute Gasteiger partial charge is 0.387 e. The summed E-state index contributed by atoms with van der Waals surface area (Å²) in [5.41, 5.74) is 6.40. The van der Waals surface area contributed by atoms with Crippen molar-refractivity contribution in [3.8, 4) is 16.9 Å². The molecule has 0 saturated carbocycles. The van der Waals surface area contributed by atoms with E-state index < -0.39 is 23.9 Å². The summed E-state index contributed by atoms with van der Waals surface area (Å²) >= 11 is 0. The zero-order valence-electron chi connectivity index (χ0n) is 15.7. The van der Waals surface area contributed by atoms with Crippen LogP contribution in [0.3, 0.4) is 0 Å². The maximum absolute atomic E-state index is 15.0. The standard InChI is InChI=1S/C22H17F4N3O/c23-18-12-15(30-21(25)26)6-7-17(18)22(9-8-19(27)29-22)14-4-1-3-13(11-14)16-5-2-10-28-20(16)24/h1-7,10-12,21H,8-9H2,(H2,27,29). The number of pyridine rings is 1. The third-order valence-electron chi connectivity index (χ3n) is 5.10. The highest BCUT2D eigenvalue weighted by atomic mass is 19.3. The summed E-state index contributed by atoms with van der Waals surface area (Å²) in [5.74, 6) is -1.31. The molecule has 8 heteroatoms. The molecule has 2 heterocycles. The van der Waals surface area contributed by atoms with Crippen molar-refractivity contribution in [2.45, 2.75) is 25.0 Å². The van der Waals surface area contributed by atoms with Crippen LogP contribution < -0.4 is 10.5 Å². The van der Waals surface area contributed by atoms with E-state index in [1.54, 1.807) is 36.4 Å². The molecule has 0 radical (unpaired) electrons. The third-order valence-corrected chi connectivity index (χ3v) is 5.10. The molecule has 0 bridgehead atoms. The molecule has 1 unspecified atom stereocenters. The molecule has 4 nitrogen and oxygen atoms in total. The second kappa shape index (κ2) is 7.78. The number of nitrogens with zero attached hydrogens (tertiary/aromatic N) is 2. The fraction of sp³-hybridized carbons (Fsp3) is 0.182. The van der Waals surface area contributed by atoms with Gasteiger partial charge < -0.3 is 10.5 Å². The normalized spacial score (nSPS) is 18.5. The lowest BCUT2D eigenvalue weighted by molar-refractivity contribution is -0.0500. The van der Waals surface area contributed by atoms with E-state index in [1.165, 1.54) is 18.3 Å². The van der Waals surface area contributed by atoms with Crippen LogP contribution in [-0.2, 0) is 5.54 Å². The largest absolute Gasteiger partial charge is 0.435 e. The Kier molecular flexibility index (Phi) is 5.15. The van der Waals surface area contributed by atoms with E-state index in [1.807, 2.05) is 0 Å². The number of alkyl halides is 2. The highest BCUT2D eigenvalue weighted by Crippen LogP contribution is 2.44. The van der Waals surface area contributed by atoms with Gasteiger partial charge in [0, 0.05) is 29.8 Å². The van der Waals surface area contributed by atoms with Crippen molar-refractivity contribution < 1.29 is 22.3 Å². The zero-order chi connectivity index (χ0) is 21.3. The van der Waals surface area contributed by atoms with E-state index in [4.69, 9.17) is 5.73 Å². The summed E-state index contributed by atoms with van der Waals surface area (Å²) in [6.45, 7) is -3.06. The van der Waals surface area contributed by atoms with Crippen LogP contribution in [0.25, 0.3) is 11.1 Å². The Bertz CT molecular complexity index is 1120. The fourth-order valence-corrected chi connectivity index (χ4v) is 3.78. The van der Waals surface area contributed by atoms with Crippen molar-refractivity contribution >= 4 is 5.84 Å². The summed E-state index contributed by atoms with van der Waals surface area (Å²) in [7, 11) is 0. The maximum atomic E-state index is 15.0. The summed E-state index contributed by atoms with van der Waals surface area (Å²) in [6.07, 6.45) is 2.16. The van der Waals surface area contributed by atoms with Gasteiger partial charge in [0.2, 0.25) is 5.95 Å². The molecule has 0 spiro atoms. The monoisotopic (exact) mass is 415 g/mol. The number of nitrogens with two attached hydrogens (primary N) is 1. The van der Waals surface area contributed by atoms with E-state index in [-0.39, 0.29) is 11.3 Å². The van der Waals surface area contributed by atoms with Crippen LogP contribution in [-0.4, -0.2) is 17.4 Å². The van der Waals surface area contributed by atoms with Crippen LogP contribution in [0.1, 0.15) is 24.0 Å². The molecule has 0 fully saturated rings. The maximum Gasteiger partial charge on any atom is 0.387 e. The molecule has 2 N–H and O–H groups in total. The molecule has 30 heavy (non-hydrogen) atoms. The Morgan fingerprint density at radius 2 is 1.87 bits per heavy atom. The van der Waals surface area contributed by atoms with Gasteiger partial charge in [0.25, 0.3) is 0 Å². The SMILES string of the molecule is NC1=NC(c2cccc(-c3cccnc3F)c2)(c2ccc(OC(F)F)cc2F)CC1. The topological polar surface area (TPSA) is 60.5 Å². The molecule has 1 aliphatic rings. The van der Waals surface area contributed by atoms with E-state index >= 15 is 0 Å². The van der Waals surface area contributed by atoms with Gasteiger partial charge in [-0.1, -0.05) is 18.2 Å². The van der Waals surface area contributed by atoms with Gasteiger partial charge in [-0.05, 0) is 47.9 Å². The zero-order valence-corrected chi connectivity index (χ0v) is 15.7. The van der Waals surface area contributed by atoms with Crippen LogP contribution >= 0.6 is 0 Å². The highest BCUT2D eigenvalue weighted by molar-refractivity contribution is 5.84. The lowest BCUT2D eigenvalue weighted by atomic mass is 9.80. The Labute approximate surface area is 170 Å².